The van der Waals surface area contributed by atoms with Crippen molar-refractivity contribution < 1.29 is 32.6 Å². The third-order valence-electron chi connectivity index (χ3n) is 8.10. The van der Waals surface area contributed by atoms with Gasteiger partial charge in [0.2, 0.25) is 5.90 Å². The second-order valence-corrected chi connectivity index (χ2v) is 11.8. The van der Waals surface area contributed by atoms with Crippen LogP contribution >= 0.6 is 0 Å². The summed E-state index contributed by atoms with van der Waals surface area (Å²) in [6, 6.07) is 33.5. The van der Waals surface area contributed by atoms with Gasteiger partial charge < -0.3 is 32.8 Å². The van der Waals surface area contributed by atoms with Gasteiger partial charge in [-0.05, 0) is 84.9 Å². The van der Waals surface area contributed by atoms with Gasteiger partial charge in [-0.15, -0.1) is 0 Å². The average Bonchev–Trinajstić information content (AvgIpc) is 3.84. The van der Waals surface area contributed by atoms with Gasteiger partial charge in [0.25, 0.3) is 0 Å². The molecule has 13 nitrogen and oxygen atoms in total. The molecular weight excluding hydrogens is 704 g/mol. The topological polar surface area (TPSA) is 171 Å². The maximum atomic E-state index is 13.9. The van der Waals surface area contributed by atoms with E-state index >= 15 is 0 Å². The number of fused-ring (bicyclic) bond motifs is 2. The summed E-state index contributed by atoms with van der Waals surface area (Å²) in [7, 11) is 0. The van der Waals surface area contributed by atoms with E-state index in [0.717, 1.165) is 0 Å². The summed E-state index contributed by atoms with van der Waals surface area (Å²) < 4.78 is 34.9. The Morgan fingerprint density at radius 2 is 1.29 bits per heavy atom. The zero-order chi connectivity index (χ0) is 37.9. The molecule has 1 N–H and O–H groups in total. The van der Waals surface area contributed by atoms with E-state index in [9.17, 15) is 19.6 Å². The normalized spacial score (nSPS) is 13.0. The summed E-state index contributed by atoms with van der Waals surface area (Å²) in [5, 5.41) is 10.6. The van der Waals surface area contributed by atoms with Crippen molar-refractivity contribution in [1.29, 1.82) is 5.26 Å². The Morgan fingerprint density at radius 3 is 1.93 bits per heavy atom. The fourth-order valence-electron chi connectivity index (χ4n) is 5.47. The Bertz CT molecular complexity index is 2960. The van der Waals surface area contributed by atoms with E-state index in [1.807, 2.05) is 6.07 Å². The number of aliphatic imine (C=N–C) groups is 1. The van der Waals surface area contributed by atoms with Gasteiger partial charge in [-0.2, -0.15) is 5.26 Å². The number of nitrogens with one attached hydrogen (secondary N) is 1. The van der Waals surface area contributed by atoms with Crippen LogP contribution in [0.5, 0.6) is 28.9 Å². The van der Waals surface area contributed by atoms with Gasteiger partial charge in [0.1, 0.15) is 45.4 Å². The highest BCUT2D eigenvalue weighted by Crippen LogP contribution is 2.34. The third-order valence-corrected chi connectivity index (χ3v) is 8.10. The first-order valence-corrected chi connectivity index (χ1v) is 16.4. The number of H-pyrrole nitrogens is 1. The summed E-state index contributed by atoms with van der Waals surface area (Å²) in [4.78, 5) is 48.9. The van der Waals surface area contributed by atoms with Crippen LogP contribution in [-0.2, 0) is 4.79 Å². The monoisotopic (exact) mass is 726 g/mol. The minimum atomic E-state index is -0.856. The van der Waals surface area contributed by atoms with Crippen LogP contribution in [0.4, 0.5) is 5.69 Å². The van der Waals surface area contributed by atoms with Crippen LogP contribution in [0.3, 0.4) is 0 Å². The fraction of sp³-hybridized carbons (Fsp3) is 0. The zero-order valence-corrected chi connectivity index (χ0v) is 28.1. The molecule has 4 heterocycles. The smallest absolute Gasteiger partial charge is 0.349 e. The van der Waals surface area contributed by atoms with Crippen molar-refractivity contribution >= 4 is 45.3 Å². The summed E-state index contributed by atoms with van der Waals surface area (Å²) in [5.74, 6) is 0.533. The number of rotatable bonds is 8. The molecule has 0 amide bonds. The summed E-state index contributed by atoms with van der Waals surface area (Å²) >= 11 is 0. The SMILES string of the molecule is [C-]#[N+]c1ccc(Oc2ccc(/C(Oc3ccc4ccc(=O)oc4c3)=C3/C=C(C(=O)Oc4ccc5ccc(=O)oc5c4)C(Oc4ccc(C#N)cc4)=N3)[nH]2)cc1. The lowest BCUT2D eigenvalue weighted by atomic mass is 10.2. The van der Waals surface area contributed by atoms with Crippen molar-refractivity contribution in [2.24, 2.45) is 4.99 Å². The van der Waals surface area contributed by atoms with Crippen molar-refractivity contribution in [2.45, 2.75) is 0 Å². The highest BCUT2D eigenvalue weighted by molar-refractivity contribution is 6.20. The molecule has 0 fully saturated rings. The molecule has 1 aliphatic rings. The number of allylic oxidation sites excluding steroid dienone is 1. The Labute approximate surface area is 309 Å². The minimum absolute atomic E-state index is 0.0904. The van der Waals surface area contributed by atoms with Crippen LogP contribution < -0.4 is 30.2 Å². The van der Waals surface area contributed by atoms with Crippen molar-refractivity contribution in [3.8, 4) is 34.9 Å². The molecule has 7 aromatic rings. The molecule has 55 heavy (non-hydrogen) atoms. The quantitative estimate of drug-likeness (QED) is 0.0529. The number of nitrogens with zero attached hydrogens (tertiary/aromatic N) is 3. The minimum Gasteiger partial charge on any atom is -0.453 e. The van der Waals surface area contributed by atoms with Gasteiger partial charge in [0.15, 0.2) is 17.3 Å². The Kier molecular flexibility index (Phi) is 8.77. The predicted octanol–water partition coefficient (Wildman–Crippen LogP) is 8.21. The molecule has 0 unspecified atom stereocenters. The number of benzene rings is 4. The molecule has 0 aliphatic carbocycles. The van der Waals surface area contributed by atoms with Crippen molar-refractivity contribution in [1.82, 2.24) is 4.98 Å². The van der Waals surface area contributed by atoms with E-state index in [1.54, 1.807) is 103 Å². The molecule has 3 aromatic heterocycles. The van der Waals surface area contributed by atoms with Crippen LogP contribution in [-0.4, -0.2) is 16.9 Å². The number of aromatic amines is 1. The summed E-state index contributed by atoms with van der Waals surface area (Å²) in [6.45, 7) is 7.20. The number of hydrogen-bond donors (Lipinski definition) is 1. The number of nitriles is 1. The summed E-state index contributed by atoms with van der Waals surface area (Å²) in [6.07, 6.45) is 1.42. The molecule has 1 aliphatic heterocycles. The van der Waals surface area contributed by atoms with E-state index in [2.05, 4.69) is 14.8 Å². The molecule has 0 atom stereocenters. The lowest BCUT2D eigenvalue weighted by molar-refractivity contribution is -0.129. The average molecular weight is 727 g/mol. The van der Waals surface area contributed by atoms with Crippen LogP contribution in [0, 0.1) is 17.9 Å². The number of ether oxygens (including phenoxy) is 4. The number of hydrogen-bond acceptors (Lipinski definition) is 11. The van der Waals surface area contributed by atoms with Gasteiger partial charge >= 0.3 is 17.2 Å². The lowest BCUT2D eigenvalue weighted by Crippen LogP contribution is -2.20. The van der Waals surface area contributed by atoms with E-state index in [1.165, 1.54) is 24.3 Å². The first-order valence-electron chi connectivity index (χ1n) is 16.4. The zero-order valence-electron chi connectivity index (χ0n) is 28.1. The molecule has 264 valence electrons. The van der Waals surface area contributed by atoms with Gasteiger partial charge in [0.05, 0.1) is 23.9 Å². The largest absolute Gasteiger partial charge is 0.453 e. The van der Waals surface area contributed by atoms with Gasteiger partial charge in [-0.1, -0.05) is 12.1 Å². The van der Waals surface area contributed by atoms with Crippen molar-refractivity contribution in [3.05, 3.63) is 182 Å². The molecule has 13 heteroatoms. The maximum Gasteiger partial charge on any atom is 0.349 e. The summed E-state index contributed by atoms with van der Waals surface area (Å²) in [5.41, 5.74) is 0.649. The van der Waals surface area contributed by atoms with Gasteiger partial charge in [-0.3, -0.25) is 0 Å². The van der Waals surface area contributed by atoms with Crippen LogP contribution in [0.2, 0.25) is 0 Å². The molecule has 0 bridgehead atoms. The molecule has 0 spiro atoms. The number of esters is 1. The number of carbonyl (C=O) groups excluding carboxylic acids is 1. The van der Waals surface area contributed by atoms with E-state index < -0.39 is 17.2 Å². The predicted molar refractivity (Wildman–Crippen MR) is 199 cm³/mol. The molecule has 0 saturated carbocycles. The standard InChI is InChI=1S/C42H22N4O9/c1-44-27-8-14-28(15-9-27)50-37-17-16-33(45-37)40(51-30-12-4-25-6-18-38(47)54-35(25)20-30)34-22-32(41(46-34)52-29-10-2-24(23-43)3-11-29)42(49)53-31-13-5-26-7-19-39(48)55-36(26)21-31/h2-22,45H/b40-34+. The van der Waals surface area contributed by atoms with Gasteiger partial charge in [0, 0.05) is 41.1 Å². The second-order valence-electron chi connectivity index (χ2n) is 11.8. The Hall–Kier alpha value is -8.42. The molecular formula is C42H22N4O9. The van der Waals surface area contributed by atoms with E-state index in [-0.39, 0.29) is 51.3 Å². The highest BCUT2D eigenvalue weighted by atomic mass is 16.5. The lowest BCUT2D eigenvalue weighted by Gasteiger charge is -2.11. The van der Waals surface area contributed by atoms with Crippen LogP contribution in [0.15, 0.2) is 162 Å². The first kappa shape index (κ1) is 33.7. The molecule has 0 radical (unpaired) electrons. The molecule has 4 aromatic carbocycles. The maximum absolute atomic E-state index is 13.9. The fourth-order valence-corrected chi connectivity index (χ4v) is 5.47. The highest BCUT2D eigenvalue weighted by Gasteiger charge is 2.30. The number of aromatic nitrogens is 1. The first-order chi connectivity index (χ1) is 26.8. The van der Waals surface area contributed by atoms with E-state index in [0.29, 0.717) is 39.3 Å². The molecule has 0 saturated heterocycles. The van der Waals surface area contributed by atoms with Crippen molar-refractivity contribution in [2.75, 3.05) is 0 Å². The number of carbonyl (C=O) groups is 1. The second kappa shape index (κ2) is 14.3. The van der Waals surface area contributed by atoms with Crippen LogP contribution in [0.1, 0.15) is 11.3 Å². The van der Waals surface area contributed by atoms with Gasteiger partial charge in [-0.25, -0.2) is 24.2 Å². The van der Waals surface area contributed by atoms with Crippen LogP contribution in [0.25, 0.3) is 32.5 Å². The van der Waals surface area contributed by atoms with E-state index in [4.69, 9.17) is 34.4 Å². The third kappa shape index (κ3) is 7.34. The Balaban J connectivity index is 1.21. The molecule has 8 rings (SSSR count). The van der Waals surface area contributed by atoms with Crippen molar-refractivity contribution in [3.63, 3.8) is 0 Å². The Morgan fingerprint density at radius 1 is 0.709 bits per heavy atom.